The Morgan fingerprint density at radius 1 is 1.59 bits per heavy atom. The standard InChI is InChI=1S/C12H18N2O3/c1-8(2)10(7-15)14-11(16)9-5-4-6-13-12(9)17-3/h4-6,8,10,15H,7H2,1-3H3,(H,14,16)/t10-/m1/s1. The van der Waals surface area contributed by atoms with Crippen molar-refractivity contribution in [2.24, 2.45) is 5.92 Å². The second-order valence-electron chi connectivity index (χ2n) is 4.07. The highest BCUT2D eigenvalue weighted by Gasteiger charge is 2.19. The summed E-state index contributed by atoms with van der Waals surface area (Å²) >= 11 is 0. The van der Waals surface area contributed by atoms with Crippen LogP contribution in [0.3, 0.4) is 0 Å². The molecule has 1 atom stereocenters. The van der Waals surface area contributed by atoms with E-state index in [1.165, 1.54) is 7.11 Å². The Morgan fingerprint density at radius 3 is 2.82 bits per heavy atom. The average molecular weight is 238 g/mol. The number of rotatable bonds is 5. The molecule has 0 unspecified atom stereocenters. The molecule has 0 saturated heterocycles. The molecule has 0 spiro atoms. The second kappa shape index (κ2) is 6.20. The van der Waals surface area contributed by atoms with Crippen LogP contribution in [0, 0.1) is 5.92 Å². The minimum atomic E-state index is -0.289. The summed E-state index contributed by atoms with van der Waals surface area (Å²) in [6.45, 7) is 3.77. The molecule has 0 saturated carbocycles. The first-order valence-electron chi connectivity index (χ1n) is 5.50. The maximum Gasteiger partial charge on any atom is 0.257 e. The SMILES string of the molecule is COc1ncccc1C(=O)N[C@H](CO)C(C)C. The van der Waals surface area contributed by atoms with E-state index in [0.29, 0.717) is 5.56 Å². The van der Waals surface area contributed by atoms with Gasteiger partial charge in [-0.25, -0.2) is 4.98 Å². The van der Waals surface area contributed by atoms with Crippen molar-refractivity contribution in [1.82, 2.24) is 10.3 Å². The number of methoxy groups -OCH3 is 1. The lowest BCUT2D eigenvalue weighted by atomic mass is 10.1. The van der Waals surface area contributed by atoms with Crippen LogP contribution in [0.5, 0.6) is 5.88 Å². The van der Waals surface area contributed by atoms with Gasteiger partial charge in [0.2, 0.25) is 5.88 Å². The molecule has 0 aliphatic rings. The van der Waals surface area contributed by atoms with Crippen molar-refractivity contribution >= 4 is 5.91 Å². The summed E-state index contributed by atoms with van der Waals surface area (Å²) in [5.41, 5.74) is 0.370. The first kappa shape index (κ1) is 13.4. The summed E-state index contributed by atoms with van der Waals surface area (Å²) in [6.07, 6.45) is 1.56. The van der Waals surface area contributed by atoms with E-state index in [2.05, 4.69) is 10.3 Å². The Hall–Kier alpha value is -1.62. The number of carbonyl (C=O) groups is 1. The lowest BCUT2D eigenvalue weighted by Crippen LogP contribution is -2.41. The predicted molar refractivity (Wildman–Crippen MR) is 64.0 cm³/mol. The number of nitrogens with zero attached hydrogens (tertiary/aromatic N) is 1. The van der Waals surface area contributed by atoms with Crippen LogP contribution in [0.2, 0.25) is 0 Å². The van der Waals surface area contributed by atoms with E-state index in [1.54, 1.807) is 18.3 Å². The van der Waals surface area contributed by atoms with Crippen LogP contribution in [0.4, 0.5) is 0 Å². The van der Waals surface area contributed by atoms with E-state index >= 15 is 0 Å². The number of hydrogen-bond acceptors (Lipinski definition) is 4. The van der Waals surface area contributed by atoms with Crippen molar-refractivity contribution in [2.75, 3.05) is 13.7 Å². The topological polar surface area (TPSA) is 71.5 Å². The molecule has 0 aliphatic heterocycles. The zero-order valence-corrected chi connectivity index (χ0v) is 10.3. The van der Waals surface area contributed by atoms with Crippen molar-refractivity contribution in [2.45, 2.75) is 19.9 Å². The summed E-state index contributed by atoms with van der Waals surface area (Å²) in [6, 6.07) is 3.03. The predicted octanol–water partition coefficient (Wildman–Crippen LogP) is 0.837. The maximum atomic E-state index is 12.0. The Balaban J connectivity index is 2.82. The minimum Gasteiger partial charge on any atom is -0.480 e. The van der Waals surface area contributed by atoms with Gasteiger partial charge in [0, 0.05) is 6.20 Å². The maximum absolute atomic E-state index is 12.0. The van der Waals surface area contributed by atoms with Crippen LogP contribution >= 0.6 is 0 Å². The molecule has 2 N–H and O–H groups in total. The third kappa shape index (κ3) is 3.42. The van der Waals surface area contributed by atoms with Gasteiger partial charge in [-0.2, -0.15) is 0 Å². The first-order valence-corrected chi connectivity index (χ1v) is 5.50. The number of amides is 1. The van der Waals surface area contributed by atoms with Crippen molar-refractivity contribution in [3.8, 4) is 5.88 Å². The summed E-state index contributed by atoms with van der Waals surface area (Å²) in [5, 5.41) is 11.9. The van der Waals surface area contributed by atoms with Gasteiger partial charge in [0.25, 0.3) is 5.91 Å². The molecule has 94 valence electrons. The van der Waals surface area contributed by atoms with Gasteiger partial charge in [0.1, 0.15) is 5.56 Å². The van der Waals surface area contributed by atoms with Crippen LogP contribution in [0.15, 0.2) is 18.3 Å². The second-order valence-corrected chi connectivity index (χ2v) is 4.07. The number of hydrogen-bond donors (Lipinski definition) is 2. The van der Waals surface area contributed by atoms with Crippen LogP contribution in [-0.2, 0) is 0 Å². The lowest BCUT2D eigenvalue weighted by Gasteiger charge is -2.20. The van der Waals surface area contributed by atoms with Gasteiger partial charge >= 0.3 is 0 Å². The van der Waals surface area contributed by atoms with E-state index in [1.807, 2.05) is 13.8 Å². The van der Waals surface area contributed by atoms with Gasteiger partial charge in [-0.05, 0) is 18.1 Å². The van der Waals surface area contributed by atoms with Crippen LogP contribution in [-0.4, -0.2) is 35.8 Å². The van der Waals surface area contributed by atoms with Crippen molar-refractivity contribution < 1.29 is 14.6 Å². The highest BCUT2D eigenvalue weighted by Crippen LogP contribution is 2.14. The monoisotopic (exact) mass is 238 g/mol. The molecule has 1 rings (SSSR count). The molecule has 1 amide bonds. The van der Waals surface area contributed by atoms with Crippen LogP contribution in [0.25, 0.3) is 0 Å². The molecule has 5 heteroatoms. The molecule has 0 aromatic carbocycles. The number of aliphatic hydroxyl groups excluding tert-OH is 1. The van der Waals surface area contributed by atoms with Crippen LogP contribution in [0.1, 0.15) is 24.2 Å². The van der Waals surface area contributed by atoms with E-state index < -0.39 is 0 Å². The number of nitrogens with one attached hydrogen (secondary N) is 1. The number of ether oxygens (including phenoxy) is 1. The van der Waals surface area contributed by atoms with E-state index in [9.17, 15) is 4.79 Å². The molecule has 0 radical (unpaired) electrons. The molecule has 1 aromatic heterocycles. The Kier molecular flexibility index (Phi) is 4.90. The fourth-order valence-electron chi connectivity index (χ4n) is 1.40. The van der Waals surface area contributed by atoms with Crippen molar-refractivity contribution in [3.63, 3.8) is 0 Å². The molecule has 1 aromatic rings. The Bertz CT molecular complexity index is 380. The quantitative estimate of drug-likeness (QED) is 0.797. The summed E-state index contributed by atoms with van der Waals surface area (Å²) in [4.78, 5) is 15.9. The van der Waals surface area contributed by atoms with Gasteiger partial charge in [-0.3, -0.25) is 4.79 Å². The fourth-order valence-corrected chi connectivity index (χ4v) is 1.40. The summed E-state index contributed by atoms with van der Waals surface area (Å²) in [5.74, 6) is 0.153. The van der Waals surface area contributed by atoms with Crippen molar-refractivity contribution in [1.29, 1.82) is 0 Å². The number of aromatic nitrogens is 1. The third-order valence-corrected chi connectivity index (χ3v) is 2.53. The van der Waals surface area contributed by atoms with Crippen molar-refractivity contribution in [3.05, 3.63) is 23.9 Å². The zero-order valence-electron chi connectivity index (χ0n) is 10.3. The number of aliphatic hydroxyl groups is 1. The van der Waals surface area contributed by atoms with Gasteiger partial charge in [-0.15, -0.1) is 0 Å². The normalized spacial score (nSPS) is 12.3. The molecule has 0 aliphatic carbocycles. The average Bonchev–Trinajstić information content (AvgIpc) is 2.35. The molecule has 0 fully saturated rings. The largest absolute Gasteiger partial charge is 0.480 e. The molecule has 0 bridgehead atoms. The van der Waals surface area contributed by atoms with E-state index in [4.69, 9.17) is 9.84 Å². The molecule has 17 heavy (non-hydrogen) atoms. The summed E-state index contributed by atoms with van der Waals surface area (Å²) < 4.78 is 5.01. The van der Waals surface area contributed by atoms with Gasteiger partial charge < -0.3 is 15.2 Å². The third-order valence-electron chi connectivity index (χ3n) is 2.53. The first-order chi connectivity index (χ1) is 8.10. The molecular formula is C12H18N2O3. The lowest BCUT2D eigenvalue weighted by molar-refractivity contribution is 0.0893. The van der Waals surface area contributed by atoms with E-state index in [0.717, 1.165) is 0 Å². The number of carbonyl (C=O) groups excluding carboxylic acids is 1. The molecule has 5 nitrogen and oxygen atoms in total. The van der Waals surface area contributed by atoms with Gasteiger partial charge in [0.05, 0.1) is 19.8 Å². The van der Waals surface area contributed by atoms with Gasteiger partial charge in [0.15, 0.2) is 0 Å². The minimum absolute atomic E-state index is 0.0913. The van der Waals surface area contributed by atoms with Crippen LogP contribution < -0.4 is 10.1 Å². The van der Waals surface area contributed by atoms with Gasteiger partial charge in [-0.1, -0.05) is 13.8 Å². The Morgan fingerprint density at radius 2 is 2.29 bits per heavy atom. The zero-order chi connectivity index (χ0) is 12.8. The number of pyridine rings is 1. The highest BCUT2D eigenvalue weighted by molar-refractivity contribution is 5.96. The Labute approximate surface area is 101 Å². The smallest absolute Gasteiger partial charge is 0.257 e. The highest BCUT2D eigenvalue weighted by atomic mass is 16.5. The van der Waals surface area contributed by atoms with E-state index in [-0.39, 0.29) is 30.4 Å². The molecule has 1 heterocycles. The molecular weight excluding hydrogens is 220 g/mol. The fraction of sp³-hybridized carbons (Fsp3) is 0.500. The summed E-state index contributed by atoms with van der Waals surface area (Å²) in [7, 11) is 1.46.